The Balaban J connectivity index is 1.45. The highest BCUT2D eigenvalue weighted by molar-refractivity contribution is 6.32. The second-order valence-electron chi connectivity index (χ2n) is 6.93. The van der Waals surface area contributed by atoms with Gasteiger partial charge in [0.1, 0.15) is 11.6 Å². The molecule has 1 unspecified atom stereocenters. The summed E-state index contributed by atoms with van der Waals surface area (Å²) in [4.78, 5) is 18.9. The highest BCUT2D eigenvalue weighted by Crippen LogP contribution is 2.29. The number of amides is 1. The first-order valence-corrected chi connectivity index (χ1v) is 9.78. The zero-order chi connectivity index (χ0) is 19.1. The van der Waals surface area contributed by atoms with Crippen LogP contribution in [0.4, 0.5) is 5.82 Å². The summed E-state index contributed by atoms with van der Waals surface area (Å²) < 4.78 is 5.21. The number of nitrogens with one attached hydrogen (secondary N) is 1. The molecule has 1 aliphatic rings. The number of anilines is 1. The van der Waals surface area contributed by atoms with E-state index < -0.39 is 0 Å². The van der Waals surface area contributed by atoms with Crippen molar-refractivity contribution < 1.29 is 9.53 Å². The van der Waals surface area contributed by atoms with Crippen LogP contribution in [0.5, 0.6) is 5.75 Å². The summed E-state index contributed by atoms with van der Waals surface area (Å²) in [5.41, 5.74) is 1.04. The number of rotatable bonds is 7. The highest BCUT2D eigenvalue weighted by Gasteiger charge is 2.22. The second kappa shape index (κ2) is 9.60. The van der Waals surface area contributed by atoms with Crippen molar-refractivity contribution in [1.82, 2.24) is 10.3 Å². The number of benzene rings is 1. The third-order valence-corrected chi connectivity index (χ3v) is 5.26. The van der Waals surface area contributed by atoms with E-state index in [4.69, 9.17) is 16.3 Å². The number of nitrogens with zero attached hydrogens (tertiary/aromatic N) is 2. The SMILES string of the molecule is COc1cccc(CNC(=O)CCC2CCCN(c3ncccc3Cl)C2)c1. The smallest absolute Gasteiger partial charge is 0.220 e. The van der Waals surface area contributed by atoms with Crippen molar-refractivity contribution >= 4 is 23.3 Å². The molecule has 2 heterocycles. The van der Waals surface area contributed by atoms with Gasteiger partial charge in [-0.05, 0) is 55.0 Å². The zero-order valence-corrected chi connectivity index (χ0v) is 16.4. The van der Waals surface area contributed by atoms with E-state index in [0.29, 0.717) is 23.9 Å². The number of hydrogen-bond acceptors (Lipinski definition) is 4. The molecule has 3 rings (SSSR count). The van der Waals surface area contributed by atoms with Crippen molar-refractivity contribution in [2.24, 2.45) is 5.92 Å². The fourth-order valence-corrected chi connectivity index (χ4v) is 3.75. The minimum atomic E-state index is 0.0887. The molecular weight excluding hydrogens is 362 g/mol. The molecule has 1 amide bonds. The predicted molar refractivity (Wildman–Crippen MR) is 108 cm³/mol. The minimum absolute atomic E-state index is 0.0887. The van der Waals surface area contributed by atoms with E-state index in [2.05, 4.69) is 15.2 Å². The van der Waals surface area contributed by atoms with Crippen molar-refractivity contribution in [2.75, 3.05) is 25.1 Å². The number of carbonyl (C=O) groups excluding carboxylic acids is 1. The molecule has 1 aliphatic heterocycles. The topological polar surface area (TPSA) is 54.5 Å². The largest absolute Gasteiger partial charge is 0.497 e. The second-order valence-corrected chi connectivity index (χ2v) is 7.34. The van der Waals surface area contributed by atoms with Crippen LogP contribution in [0.15, 0.2) is 42.6 Å². The molecule has 6 heteroatoms. The van der Waals surface area contributed by atoms with Crippen LogP contribution in [0.2, 0.25) is 5.02 Å². The van der Waals surface area contributed by atoms with Gasteiger partial charge >= 0.3 is 0 Å². The summed E-state index contributed by atoms with van der Waals surface area (Å²) in [6.07, 6.45) is 5.44. The molecule has 0 aliphatic carbocycles. The molecule has 5 nitrogen and oxygen atoms in total. The monoisotopic (exact) mass is 387 g/mol. The first kappa shape index (κ1) is 19.5. The summed E-state index contributed by atoms with van der Waals surface area (Å²) in [5.74, 6) is 2.23. The standard InChI is InChI=1S/C21H26ClN3O2/c1-27-18-7-2-5-17(13-18)14-24-20(26)10-9-16-6-4-12-25(15-16)21-19(22)8-3-11-23-21/h2-3,5,7-8,11,13,16H,4,6,9-10,12,14-15H2,1H3,(H,24,26). The molecule has 0 bridgehead atoms. The predicted octanol–water partition coefficient (Wildman–Crippen LogP) is 4.06. The van der Waals surface area contributed by atoms with Crippen LogP contribution in [0.1, 0.15) is 31.2 Å². The van der Waals surface area contributed by atoms with Gasteiger partial charge in [-0.2, -0.15) is 0 Å². The van der Waals surface area contributed by atoms with Gasteiger partial charge in [0.2, 0.25) is 5.91 Å². The van der Waals surface area contributed by atoms with Crippen molar-refractivity contribution in [3.63, 3.8) is 0 Å². The average molecular weight is 388 g/mol. The molecule has 27 heavy (non-hydrogen) atoms. The normalized spacial score (nSPS) is 16.8. The molecule has 2 aromatic rings. The first-order valence-electron chi connectivity index (χ1n) is 9.41. The molecule has 144 valence electrons. The fourth-order valence-electron chi connectivity index (χ4n) is 3.51. The van der Waals surface area contributed by atoms with E-state index in [-0.39, 0.29) is 5.91 Å². The molecule has 1 aromatic heterocycles. The van der Waals surface area contributed by atoms with Gasteiger partial charge in [0.05, 0.1) is 12.1 Å². The maximum absolute atomic E-state index is 12.2. The van der Waals surface area contributed by atoms with Gasteiger partial charge in [0.15, 0.2) is 0 Å². The van der Waals surface area contributed by atoms with E-state index >= 15 is 0 Å². The summed E-state index contributed by atoms with van der Waals surface area (Å²) >= 11 is 6.28. The zero-order valence-electron chi connectivity index (χ0n) is 15.7. The Labute approximate surface area is 165 Å². The Kier molecular flexibility index (Phi) is 6.93. The van der Waals surface area contributed by atoms with Crippen LogP contribution in [0, 0.1) is 5.92 Å². The summed E-state index contributed by atoms with van der Waals surface area (Å²) in [7, 11) is 1.64. The number of ether oxygens (including phenoxy) is 1. The fraction of sp³-hybridized carbons (Fsp3) is 0.429. The van der Waals surface area contributed by atoms with Crippen molar-refractivity contribution in [2.45, 2.75) is 32.2 Å². The highest BCUT2D eigenvalue weighted by atomic mass is 35.5. The number of aromatic nitrogens is 1. The minimum Gasteiger partial charge on any atom is -0.497 e. The summed E-state index contributed by atoms with van der Waals surface area (Å²) in [5, 5.41) is 3.69. The molecule has 1 aromatic carbocycles. The van der Waals surface area contributed by atoms with Crippen molar-refractivity contribution in [3.05, 3.63) is 53.2 Å². The van der Waals surface area contributed by atoms with Crippen LogP contribution in [0.25, 0.3) is 0 Å². The lowest BCUT2D eigenvalue weighted by Gasteiger charge is -2.34. The molecule has 1 N–H and O–H groups in total. The maximum Gasteiger partial charge on any atom is 0.220 e. The number of methoxy groups -OCH3 is 1. The van der Waals surface area contributed by atoms with Crippen molar-refractivity contribution in [1.29, 1.82) is 0 Å². The van der Waals surface area contributed by atoms with E-state index in [1.165, 1.54) is 0 Å². The number of hydrogen-bond donors (Lipinski definition) is 1. The Hall–Kier alpha value is -2.27. The van der Waals surface area contributed by atoms with Gasteiger partial charge in [0.25, 0.3) is 0 Å². The Morgan fingerprint density at radius 2 is 2.26 bits per heavy atom. The lowest BCUT2D eigenvalue weighted by Crippen LogP contribution is -2.36. The third-order valence-electron chi connectivity index (χ3n) is 4.96. The third kappa shape index (κ3) is 5.60. The summed E-state index contributed by atoms with van der Waals surface area (Å²) in [6, 6.07) is 11.5. The lowest BCUT2D eigenvalue weighted by atomic mass is 9.93. The maximum atomic E-state index is 12.2. The van der Waals surface area contributed by atoms with Gasteiger partial charge in [0, 0.05) is 32.3 Å². The van der Waals surface area contributed by atoms with Gasteiger partial charge in [-0.15, -0.1) is 0 Å². The van der Waals surface area contributed by atoms with Crippen molar-refractivity contribution in [3.8, 4) is 5.75 Å². The molecule has 0 saturated carbocycles. The molecule has 1 fully saturated rings. The average Bonchev–Trinajstić information content (AvgIpc) is 2.71. The van der Waals surface area contributed by atoms with Crippen LogP contribution < -0.4 is 15.0 Å². The van der Waals surface area contributed by atoms with Crippen LogP contribution in [-0.4, -0.2) is 31.1 Å². The number of halogens is 1. The Morgan fingerprint density at radius 3 is 3.07 bits per heavy atom. The molecule has 0 spiro atoms. The number of carbonyl (C=O) groups is 1. The lowest BCUT2D eigenvalue weighted by molar-refractivity contribution is -0.121. The quantitative estimate of drug-likeness (QED) is 0.778. The van der Waals surface area contributed by atoms with Crippen LogP contribution in [0.3, 0.4) is 0 Å². The van der Waals surface area contributed by atoms with Gasteiger partial charge in [-0.25, -0.2) is 4.98 Å². The number of piperidine rings is 1. The van der Waals surface area contributed by atoms with Crippen LogP contribution >= 0.6 is 11.6 Å². The van der Waals surface area contributed by atoms with Gasteiger partial charge < -0.3 is 15.0 Å². The molecule has 1 saturated heterocycles. The van der Waals surface area contributed by atoms with Crippen LogP contribution in [-0.2, 0) is 11.3 Å². The molecule has 0 radical (unpaired) electrons. The molecular formula is C21H26ClN3O2. The van der Waals surface area contributed by atoms with E-state index in [9.17, 15) is 4.79 Å². The Bertz CT molecular complexity index is 769. The number of pyridine rings is 1. The van der Waals surface area contributed by atoms with E-state index in [0.717, 1.165) is 49.5 Å². The molecule has 1 atom stereocenters. The van der Waals surface area contributed by atoms with E-state index in [1.807, 2.05) is 36.4 Å². The summed E-state index contributed by atoms with van der Waals surface area (Å²) in [6.45, 7) is 2.39. The van der Waals surface area contributed by atoms with Gasteiger partial charge in [-0.1, -0.05) is 23.7 Å². The van der Waals surface area contributed by atoms with E-state index in [1.54, 1.807) is 13.3 Å². The van der Waals surface area contributed by atoms with Gasteiger partial charge in [-0.3, -0.25) is 4.79 Å². The Morgan fingerprint density at radius 1 is 1.37 bits per heavy atom. The first-order chi connectivity index (χ1) is 13.2.